The van der Waals surface area contributed by atoms with Gasteiger partial charge in [0, 0.05) is 24.7 Å². The Bertz CT molecular complexity index is 694. The van der Waals surface area contributed by atoms with E-state index in [0.29, 0.717) is 49.1 Å². The standard InChI is InChI=1S/C20H25ClN2O3/c1-2-3-4-5-10-23-19(24)17(15-6-8-16(21)9-7-15)18(20(23)25)22-11-13-26-14-12-22/h6-9H,2-5,10-14H2,1H3. The summed E-state index contributed by atoms with van der Waals surface area (Å²) in [5.41, 5.74) is 1.74. The van der Waals surface area contributed by atoms with Crippen molar-refractivity contribution in [3.05, 3.63) is 40.5 Å². The fraction of sp³-hybridized carbons (Fsp3) is 0.500. The normalized spacial score (nSPS) is 18.2. The fourth-order valence-corrected chi connectivity index (χ4v) is 3.55. The van der Waals surface area contributed by atoms with Gasteiger partial charge < -0.3 is 9.64 Å². The number of benzene rings is 1. The highest BCUT2D eigenvalue weighted by Gasteiger charge is 2.41. The number of amides is 2. The molecule has 2 aliphatic rings. The molecule has 1 fully saturated rings. The van der Waals surface area contributed by atoms with Gasteiger partial charge in [-0.3, -0.25) is 14.5 Å². The van der Waals surface area contributed by atoms with E-state index in [9.17, 15) is 9.59 Å². The number of halogens is 1. The molecule has 0 atom stereocenters. The lowest BCUT2D eigenvalue weighted by Gasteiger charge is -2.29. The highest BCUT2D eigenvalue weighted by Crippen LogP contribution is 2.32. The third-order valence-electron chi connectivity index (χ3n) is 4.84. The third-order valence-corrected chi connectivity index (χ3v) is 5.09. The zero-order chi connectivity index (χ0) is 18.5. The molecular weight excluding hydrogens is 352 g/mol. The van der Waals surface area contributed by atoms with Crippen molar-refractivity contribution in [2.45, 2.75) is 32.6 Å². The van der Waals surface area contributed by atoms with Gasteiger partial charge in [0.2, 0.25) is 0 Å². The summed E-state index contributed by atoms with van der Waals surface area (Å²) >= 11 is 5.99. The Hall–Kier alpha value is -1.85. The van der Waals surface area contributed by atoms with Crippen molar-refractivity contribution in [1.82, 2.24) is 9.80 Å². The number of morpholine rings is 1. The Balaban J connectivity index is 1.90. The van der Waals surface area contributed by atoms with Crippen LogP contribution in [-0.2, 0) is 14.3 Å². The predicted molar refractivity (Wildman–Crippen MR) is 102 cm³/mol. The Kier molecular flexibility index (Phi) is 6.33. The molecule has 0 aliphatic carbocycles. The summed E-state index contributed by atoms with van der Waals surface area (Å²) in [4.78, 5) is 29.5. The number of unbranched alkanes of at least 4 members (excludes halogenated alkanes) is 3. The number of carbonyl (C=O) groups excluding carboxylic acids is 2. The van der Waals surface area contributed by atoms with Crippen LogP contribution in [0.3, 0.4) is 0 Å². The third kappa shape index (κ3) is 3.94. The fourth-order valence-electron chi connectivity index (χ4n) is 3.42. The topological polar surface area (TPSA) is 49.9 Å². The van der Waals surface area contributed by atoms with Crippen LogP contribution in [0.2, 0.25) is 5.02 Å². The number of ether oxygens (including phenoxy) is 1. The zero-order valence-electron chi connectivity index (χ0n) is 15.2. The maximum Gasteiger partial charge on any atom is 0.277 e. The summed E-state index contributed by atoms with van der Waals surface area (Å²) in [5.74, 6) is -0.381. The lowest BCUT2D eigenvalue weighted by Crippen LogP contribution is -2.40. The minimum Gasteiger partial charge on any atom is -0.378 e. The van der Waals surface area contributed by atoms with Crippen molar-refractivity contribution in [3.8, 4) is 0 Å². The predicted octanol–water partition coefficient (Wildman–Crippen LogP) is 3.33. The van der Waals surface area contributed by atoms with Gasteiger partial charge in [-0.1, -0.05) is 49.9 Å². The molecule has 0 bridgehead atoms. The first-order chi connectivity index (χ1) is 12.6. The van der Waals surface area contributed by atoms with Gasteiger partial charge in [-0.15, -0.1) is 0 Å². The molecule has 1 aromatic rings. The van der Waals surface area contributed by atoms with Crippen molar-refractivity contribution in [2.24, 2.45) is 0 Å². The number of carbonyl (C=O) groups is 2. The first kappa shape index (κ1) is 18.9. The molecule has 0 saturated carbocycles. The van der Waals surface area contributed by atoms with Crippen molar-refractivity contribution in [1.29, 1.82) is 0 Å². The zero-order valence-corrected chi connectivity index (χ0v) is 15.9. The Morgan fingerprint density at radius 2 is 1.69 bits per heavy atom. The highest BCUT2D eigenvalue weighted by atomic mass is 35.5. The van der Waals surface area contributed by atoms with Crippen LogP contribution >= 0.6 is 11.6 Å². The summed E-state index contributed by atoms with van der Waals surface area (Å²) in [6.07, 6.45) is 4.10. The summed E-state index contributed by atoms with van der Waals surface area (Å²) in [6, 6.07) is 7.12. The molecule has 140 valence electrons. The molecule has 3 rings (SSSR count). The van der Waals surface area contributed by atoms with Crippen molar-refractivity contribution < 1.29 is 14.3 Å². The number of rotatable bonds is 7. The Morgan fingerprint density at radius 1 is 1.00 bits per heavy atom. The molecule has 0 N–H and O–H groups in total. The SMILES string of the molecule is CCCCCCN1C(=O)C(c2ccc(Cl)cc2)=C(N2CCOCC2)C1=O. The Morgan fingerprint density at radius 3 is 2.35 bits per heavy atom. The number of hydrogen-bond donors (Lipinski definition) is 0. The number of hydrogen-bond acceptors (Lipinski definition) is 4. The van der Waals surface area contributed by atoms with Crippen LogP contribution in [0.1, 0.15) is 38.2 Å². The Labute approximate surface area is 159 Å². The maximum atomic E-state index is 13.1. The molecule has 5 nitrogen and oxygen atoms in total. The van der Waals surface area contributed by atoms with E-state index in [1.54, 1.807) is 12.1 Å². The van der Waals surface area contributed by atoms with Crippen molar-refractivity contribution in [3.63, 3.8) is 0 Å². The average Bonchev–Trinajstić information content (AvgIpc) is 2.91. The van der Waals surface area contributed by atoms with Gasteiger partial charge in [0.1, 0.15) is 5.70 Å². The van der Waals surface area contributed by atoms with E-state index in [0.717, 1.165) is 31.2 Å². The lowest BCUT2D eigenvalue weighted by molar-refractivity contribution is -0.137. The van der Waals surface area contributed by atoms with Gasteiger partial charge in [-0.25, -0.2) is 0 Å². The molecule has 6 heteroatoms. The number of nitrogens with zero attached hydrogens (tertiary/aromatic N) is 2. The summed E-state index contributed by atoms with van der Waals surface area (Å²) in [5, 5.41) is 0.607. The van der Waals surface area contributed by atoms with Crippen molar-refractivity contribution >= 4 is 29.0 Å². The molecule has 2 amide bonds. The lowest BCUT2D eigenvalue weighted by atomic mass is 10.0. The van der Waals surface area contributed by atoms with E-state index in [1.807, 2.05) is 17.0 Å². The second kappa shape index (κ2) is 8.69. The van der Waals surface area contributed by atoms with Gasteiger partial charge in [-0.2, -0.15) is 0 Å². The first-order valence-corrected chi connectivity index (χ1v) is 9.70. The van der Waals surface area contributed by atoms with E-state index in [1.165, 1.54) is 4.90 Å². The van der Waals surface area contributed by atoms with Crippen LogP contribution in [-0.4, -0.2) is 54.5 Å². The summed E-state index contributed by atoms with van der Waals surface area (Å²) in [7, 11) is 0. The molecule has 0 spiro atoms. The van der Waals surface area contributed by atoms with Crippen LogP contribution in [0, 0.1) is 0 Å². The van der Waals surface area contributed by atoms with E-state index in [-0.39, 0.29) is 11.8 Å². The largest absolute Gasteiger partial charge is 0.378 e. The van der Waals surface area contributed by atoms with E-state index < -0.39 is 0 Å². The molecule has 26 heavy (non-hydrogen) atoms. The van der Waals surface area contributed by atoms with Crippen LogP contribution in [0.5, 0.6) is 0 Å². The minimum atomic E-state index is -0.199. The second-order valence-corrected chi connectivity index (χ2v) is 7.09. The van der Waals surface area contributed by atoms with Crippen LogP contribution in [0.25, 0.3) is 5.57 Å². The molecule has 0 radical (unpaired) electrons. The molecule has 1 aromatic carbocycles. The van der Waals surface area contributed by atoms with Crippen LogP contribution < -0.4 is 0 Å². The maximum absolute atomic E-state index is 13.1. The molecule has 2 heterocycles. The van der Waals surface area contributed by atoms with Gasteiger partial charge in [0.05, 0.1) is 18.8 Å². The first-order valence-electron chi connectivity index (χ1n) is 9.32. The van der Waals surface area contributed by atoms with Crippen LogP contribution in [0.4, 0.5) is 0 Å². The van der Waals surface area contributed by atoms with Gasteiger partial charge >= 0.3 is 0 Å². The monoisotopic (exact) mass is 376 g/mol. The van der Waals surface area contributed by atoms with E-state index in [2.05, 4.69) is 6.92 Å². The average molecular weight is 377 g/mol. The summed E-state index contributed by atoms with van der Waals surface area (Å²) in [6.45, 7) is 4.99. The van der Waals surface area contributed by atoms with Gasteiger partial charge in [0.15, 0.2) is 0 Å². The summed E-state index contributed by atoms with van der Waals surface area (Å²) < 4.78 is 5.41. The molecule has 2 aliphatic heterocycles. The van der Waals surface area contributed by atoms with E-state index in [4.69, 9.17) is 16.3 Å². The molecular formula is C20H25ClN2O3. The highest BCUT2D eigenvalue weighted by molar-refractivity contribution is 6.36. The minimum absolute atomic E-state index is 0.182. The van der Waals surface area contributed by atoms with Gasteiger partial charge in [-0.05, 0) is 24.1 Å². The molecule has 0 unspecified atom stereocenters. The quantitative estimate of drug-likeness (QED) is 0.541. The smallest absolute Gasteiger partial charge is 0.277 e. The number of imide groups is 1. The molecule has 0 aromatic heterocycles. The van der Waals surface area contributed by atoms with Crippen molar-refractivity contribution in [2.75, 3.05) is 32.8 Å². The van der Waals surface area contributed by atoms with E-state index >= 15 is 0 Å². The molecule has 1 saturated heterocycles. The van der Waals surface area contributed by atoms with Crippen LogP contribution in [0.15, 0.2) is 30.0 Å². The van der Waals surface area contributed by atoms with Gasteiger partial charge in [0.25, 0.3) is 11.8 Å². The second-order valence-electron chi connectivity index (χ2n) is 6.65.